The summed E-state index contributed by atoms with van der Waals surface area (Å²) < 4.78 is 11.2. The zero-order valence-corrected chi connectivity index (χ0v) is 17.2. The van der Waals surface area contributed by atoms with Crippen molar-refractivity contribution in [2.75, 3.05) is 6.61 Å². The second kappa shape index (κ2) is 10.3. The Balaban J connectivity index is 1.51. The Hall–Kier alpha value is -3.54. The number of carbonyl (C=O) groups is 1. The highest BCUT2D eigenvalue weighted by Gasteiger charge is 2.08. The molecule has 30 heavy (non-hydrogen) atoms. The Kier molecular flexibility index (Phi) is 7.27. The summed E-state index contributed by atoms with van der Waals surface area (Å²) in [5, 5.41) is 2.80. The number of hydrogen-bond acceptors (Lipinski definition) is 4. The fourth-order valence-electron chi connectivity index (χ4n) is 2.69. The Morgan fingerprint density at radius 1 is 1.03 bits per heavy atom. The molecule has 1 amide bonds. The zero-order chi connectivity index (χ0) is 21.3. The van der Waals surface area contributed by atoms with Crippen LogP contribution in [0, 0.1) is 5.92 Å². The normalized spacial score (nSPS) is 10.6. The number of aromatic nitrogens is 1. The monoisotopic (exact) mass is 406 g/mol. The van der Waals surface area contributed by atoms with E-state index in [0.29, 0.717) is 36.1 Å². The molecule has 6 nitrogen and oxygen atoms in total. The molecule has 0 aliphatic rings. The maximum absolute atomic E-state index is 12.4. The van der Waals surface area contributed by atoms with Gasteiger partial charge in [-0.15, -0.1) is 0 Å². The summed E-state index contributed by atoms with van der Waals surface area (Å²) in [5.74, 6) is 1.07. The van der Waals surface area contributed by atoms with Crippen LogP contribution in [0.15, 0.2) is 71.7 Å². The summed E-state index contributed by atoms with van der Waals surface area (Å²) in [7, 11) is 0. The van der Waals surface area contributed by atoms with Gasteiger partial charge in [-0.3, -0.25) is 9.59 Å². The number of benzene rings is 2. The third kappa shape index (κ3) is 6.24. The van der Waals surface area contributed by atoms with Crippen LogP contribution in [0.25, 0.3) is 0 Å². The molecule has 6 heteroatoms. The van der Waals surface area contributed by atoms with Gasteiger partial charge in [-0.05, 0) is 35.7 Å². The lowest BCUT2D eigenvalue weighted by molar-refractivity contribution is 0.0950. The van der Waals surface area contributed by atoms with Crippen LogP contribution in [0.4, 0.5) is 0 Å². The predicted molar refractivity (Wildman–Crippen MR) is 116 cm³/mol. The van der Waals surface area contributed by atoms with Gasteiger partial charge in [0.2, 0.25) is 5.43 Å². The van der Waals surface area contributed by atoms with Crippen molar-refractivity contribution in [3.8, 4) is 11.5 Å². The molecule has 3 rings (SSSR count). The van der Waals surface area contributed by atoms with Crippen molar-refractivity contribution in [2.24, 2.45) is 5.92 Å². The van der Waals surface area contributed by atoms with E-state index >= 15 is 0 Å². The van der Waals surface area contributed by atoms with Gasteiger partial charge in [0, 0.05) is 23.5 Å². The van der Waals surface area contributed by atoms with E-state index in [4.69, 9.17) is 9.47 Å². The molecule has 0 saturated heterocycles. The van der Waals surface area contributed by atoms with Crippen LogP contribution < -0.4 is 20.2 Å². The van der Waals surface area contributed by atoms with Gasteiger partial charge in [-0.25, -0.2) is 0 Å². The standard InChI is InChI=1S/C24H26N2O4/c1-17(2)15-30-23-14-25-20(12-22(23)27)13-26-24(28)19-8-10-21(11-9-19)29-16-18-6-4-3-5-7-18/h3-12,14,17H,13,15-16H2,1-2H3,(H,25,27)(H,26,28). The molecule has 3 aromatic rings. The molecule has 0 atom stereocenters. The van der Waals surface area contributed by atoms with Crippen molar-refractivity contribution in [1.82, 2.24) is 10.3 Å². The maximum atomic E-state index is 12.4. The van der Waals surface area contributed by atoms with Crippen molar-refractivity contribution in [3.05, 3.63) is 93.9 Å². The highest BCUT2D eigenvalue weighted by atomic mass is 16.5. The minimum atomic E-state index is -0.231. The van der Waals surface area contributed by atoms with E-state index in [9.17, 15) is 9.59 Å². The van der Waals surface area contributed by atoms with Gasteiger partial charge in [-0.2, -0.15) is 0 Å². The lowest BCUT2D eigenvalue weighted by Gasteiger charge is -2.10. The number of nitrogens with one attached hydrogen (secondary N) is 2. The third-order valence-corrected chi connectivity index (χ3v) is 4.31. The summed E-state index contributed by atoms with van der Waals surface area (Å²) in [6.45, 7) is 5.19. The first-order chi connectivity index (χ1) is 14.5. The summed E-state index contributed by atoms with van der Waals surface area (Å²) in [6, 6.07) is 18.3. The van der Waals surface area contributed by atoms with Crippen LogP contribution >= 0.6 is 0 Å². The van der Waals surface area contributed by atoms with Gasteiger partial charge in [-0.1, -0.05) is 44.2 Å². The SMILES string of the molecule is CC(C)COc1c[nH]c(CNC(=O)c2ccc(OCc3ccccc3)cc2)cc1=O. The smallest absolute Gasteiger partial charge is 0.251 e. The zero-order valence-electron chi connectivity index (χ0n) is 17.2. The number of aromatic amines is 1. The van der Waals surface area contributed by atoms with E-state index in [1.165, 1.54) is 12.3 Å². The second-order valence-corrected chi connectivity index (χ2v) is 7.37. The molecular formula is C24H26N2O4. The fourth-order valence-corrected chi connectivity index (χ4v) is 2.69. The number of hydrogen-bond donors (Lipinski definition) is 2. The van der Waals surface area contributed by atoms with Crippen LogP contribution in [0.5, 0.6) is 11.5 Å². The van der Waals surface area contributed by atoms with Crippen molar-refractivity contribution in [1.29, 1.82) is 0 Å². The molecule has 0 saturated carbocycles. The minimum Gasteiger partial charge on any atom is -0.489 e. The lowest BCUT2D eigenvalue weighted by Crippen LogP contribution is -2.24. The molecule has 0 fully saturated rings. The topological polar surface area (TPSA) is 80.4 Å². The van der Waals surface area contributed by atoms with E-state index in [-0.39, 0.29) is 23.6 Å². The number of H-pyrrole nitrogens is 1. The van der Waals surface area contributed by atoms with Crippen LogP contribution in [0.2, 0.25) is 0 Å². The molecular weight excluding hydrogens is 380 g/mol. The van der Waals surface area contributed by atoms with E-state index in [0.717, 1.165) is 5.56 Å². The molecule has 156 valence electrons. The average molecular weight is 406 g/mol. The second-order valence-electron chi connectivity index (χ2n) is 7.37. The van der Waals surface area contributed by atoms with Gasteiger partial charge in [0.15, 0.2) is 5.75 Å². The van der Waals surface area contributed by atoms with Crippen molar-refractivity contribution < 1.29 is 14.3 Å². The van der Waals surface area contributed by atoms with E-state index in [1.807, 2.05) is 44.2 Å². The first kappa shape index (κ1) is 21.2. The van der Waals surface area contributed by atoms with Gasteiger partial charge in [0.1, 0.15) is 12.4 Å². The molecule has 0 unspecified atom stereocenters. The Labute approximate surface area is 175 Å². The first-order valence-electron chi connectivity index (χ1n) is 9.90. The largest absolute Gasteiger partial charge is 0.489 e. The molecule has 1 heterocycles. The van der Waals surface area contributed by atoms with Crippen molar-refractivity contribution >= 4 is 5.91 Å². The quantitative estimate of drug-likeness (QED) is 0.564. The maximum Gasteiger partial charge on any atom is 0.251 e. The van der Waals surface area contributed by atoms with E-state index in [1.54, 1.807) is 24.3 Å². The number of ether oxygens (including phenoxy) is 2. The summed E-state index contributed by atoms with van der Waals surface area (Å²) in [5.41, 5.74) is 1.99. The number of rotatable bonds is 9. The molecule has 0 spiro atoms. The highest BCUT2D eigenvalue weighted by Crippen LogP contribution is 2.14. The molecule has 0 radical (unpaired) electrons. The Morgan fingerprint density at radius 3 is 2.43 bits per heavy atom. The van der Waals surface area contributed by atoms with Gasteiger partial charge >= 0.3 is 0 Å². The highest BCUT2D eigenvalue weighted by molar-refractivity contribution is 5.94. The van der Waals surface area contributed by atoms with Crippen LogP contribution in [-0.2, 0) is 13.2 Å². The number of carbonyl (C=O) groups excluding carboxylic acids is 1. The molecule has 0 aliphatic carbocycles. The van der Waals surface area contributed by atoms with Gasteiger partial charge in [0.25, 0.3) is 5.91 Å². The summed E-state index contributed by atoms with van der Waals surface area (Å²) in [4.78, 5) is 27.5. The third-order valence-electron chi connectivity index (χ3n) is 4.31. The van der Waals surface area contributed by atoms with E-state index in [2.05, 4.69) is 10.3 Å². The van der Waals surface area contributed by atoms with Gasteiger partial charge in [0.05, 0.1) is 13.2 Å². The summed E-state index contributed by atoms with van der Waals surface area (Å²) >= 11 is 0. The molecule has 1 aromatic heterocycles. The Bertz CT molecular complexity index is 1010. The van der Waals surface area contributed by atoms with Gasteiger partial charge < -0.3 is 19.8 Å². The predicted octanol–water partition coefficient (Wildman–Crippen LogP) is 3.92. The molecule has 0 bridgehead atoms. The lowest BCUT2D eigenvalue weighted by atomic mass is 10.2. The Morgan fingerprint density at radius 2 is 1.77 bits per heavy atom. The van der Waals surface area contributed by atoms with E-state index < -0.39 is 0 Å². The van der Waals surface area contributed by atoms with Crippen molar-refractivity contribution in [3.63, 3.8) is 0 Å². The molecule has 2 aromatic carbocycles. The minimum absolute atomic E-state index is 0.210. The van der Waals surface area contributed by atoms with Crippen LogP contribution in [0.1, 0.15) is 35.5 Å². The first-order valence-corrected chi connectivity index (χ1v) is 9.90. The van der Waals surface area contributed by atoms with Crippen molar-refractivity contribution in [2.45, 2.75) is 27.0 Å². The number of pyridine rings is 1. The van der Waals surface area contributed by atoms with Crippen LogP contribution in [0.3, 0.4) is 0 Å². The fraction of sp³-hybridized carbons (Fsp3) is 0.250. The molecule has 0 aliphatic heterocycles. The average Bonchev–Trinajstić information content (AvgIpc) is 2.76. The van der Waals surface area contributed by atoms with Crippen LogP contribution in [-0.4, -0.2) is 17.5 Å². The summed E-state index contributed by atoms with van der Waals surface area (Å²) in [6.07, 6.45) is 1.53. The molecule has 2 N–H and O–H groups in total. The number of amides is 1.